The maximum absolute atomic E-state index is 10.3. The van der Waals surface area contributed by atoms with Crippen molar-refractivity contribution in [1.82, 2.24) is 0 Å². The number of hydrogen-bond acceptors (Lipinski definition) is 2. The summed E-state index contributed by atoms with van der Waals surface area (Å²) in [7, 11) is 0. The molecule has 170 valence electrons. The molecule has 2 fully saturated rings. The summed E-state index contributed by atoms with van der Waals surface area (Å²) in [6.07, 6.45) is 12.8. The van der Waals surface area contributed by atoms with Crippen molar-refractivity contribution in [3.8, 4) is 0 Å². The van der Waals surface area contributed by atoms with E-state index in [0.717, 1.165) is 43.4 Å². The van der Waals surface area contributed by atoms with Crippen molar-refractivity contribution < 1.29 is 10.2 Å². The van der Waals surface area contributed by atoms with Crippen LogP contribution in [0.3, 0.4) is 0 Å². The highest BCUT2D eigenvalue weighted by molar-refractivity contribution is 5.50. The third-order valence-electron chi connectivity index (χ3n) is 10.4. The second-order valence-corrected chi connectivity index (χ2v) is 12.0. The van der Waals surface area contributed by atoms with Gasteiger partial charge in [-0.05, 0) is 121 Å². The zero-order valence-corrected chi connectivity index (χ0v) is 20.1. The average Bonchev–Trinajstić information content (AvgIpc) is 3.06. The maximum atomic E-state index is 10.3. The first-order valence-corrected chi connectivity index (χ1v) is 12.9. The molecule has 1 aromatic carbocycles. The fourth-order valence-corrected chi connectivity index (χ4v) is 8.43. The van der Waals surface area contributed by atoms with E-state index in [1.165, 1.54) is 37.7 Å². The molecule has 0 aliphatic heterocycles. The molecule has 2 heteroatoms. The van der Waals surface area contributed by atoms with Gasteiger partial charge in [-0.3, -0.25) is 0 Å². The van der Waals surface area contributed by atoms with Gasteiger partial charge in [-0.1, -0.05) is 44.6 Å². The lowest BCUT2D eigenvalue weighted by atomic mass is 9.47. The number of aliphatic hydroxyl groups excluding tert-OH is 2. The van der Waals surface area contributed by atoms with Gasteiger partial charge >= 0.3 is 0 Å². The van der Waals surface area contributed by atoms with Gasteiger partial charge in [-0.15, -0.1) is 0 Å². The van der Waals surface area contributed by atoms with Crippen LogP contribution in [0.2, 0.25) is 0 Å². The van der Waals surface area contributed by atoms with Gasteiger partial charge in [-0.2, -0.15) is 0 Å². The molecule has 1 unspecified atom stereocenters. The zero-order valence-electron chi connectivity index (χ0n) is 20.1. The van der Waals surface area contributed by atoms with Crippen molar-refractivity contribution in [3.63, 3.8) is 0 Å². The predicted molar refractivity (Wildman–Crippen MR) is 127 cm³/mol. The summed E-state index contributed by atoms with van der Waals surface area (Å²) < 4.78 is 0. The smallest absolute Gasteiger partial charge is 0.0577 e. The van der Waals surface area contributed by atoms with Crippen molar-refractivity contribution in [2.75, 3.05) is 6.61 Å². The molecule has 0 radical (unpaired) electrons. The van der Waals surface area contributed by atoms with Crippen LogP contribution in [-0.4, -0.2) is 22.9 Å². The number of benzene rings is 1. The molecular formula is C29H42O2. The Bertz CT molecular complexity index is 885. The fraction of sp³-hybridized carbons (Fsp3) is 0.724. The van der Waals surface area contributed by atoms with E-state index in [9.17, 15) is 10.2 Å². The Morgan fingerprint density at radius 1 is 1.06 bits per heavy atom. The molecule has 0 amide bonds. The number of rotatable bonds is 4. The maximum Gasteiger partial charge on any atom is 0.0577 e. The lowest BCUT2D eigenvalue weighted by Crippen LogP contribution is -2.51. The largest absolute Gasteiger partial charge is 0.396 e. The monoisotopic (exact) mass is 422 g/mol. The minimum Gasteiger partial charge on any atom is -0.396 e. The Labute approximate surface area is 189 Å². The normalized spacial score (nSPS) is 39.7. The second-order valence-electron chi connectivity index (χ2n) is 12.0. The molecule has 0 bridgehead atoms. The van der Waals surface area contributed by atoms with Crippen LogP contribution in [-0.2, 0) is 18.3 Å². The van der Waals surface area contributed by atoms with Crippen LogP contribution in [0.1, 0.15) is 88.0 Å². The van der Waals surface area contributed by atoms with Gasteiger partial charge in [0.2, 0.25) is 0 Å². The molecule has 7 atom stereocenters. The van der Waals surface area contributed by atoms with Gasteiger partial charge in [0.1, 0.15) is 0 Å². The summed E-state index contributed by atoms with van der Waals surface area (Å²) in [4.78, 5) is 0. The van der Waals surface area contributed by atoms with Crippen molar-refractivity contribution >= 4 is 0 Å². The molecule has 4 aliphatic rings. The van der Waals surface area contributed by atoms with Gasteiger partial charge in [-0.25, -0.2) is 0 Å². The summed E-state index contributed by atoms with van der Waals surface area (Å²) in [5, 5.41) is 19.7. The molecule has 0 aromatic heterocycles. The minimum absolute atomic E-state index is 0.116. The Hall–Kier alpha value is -1.12. The van der Waals surface area contributed by atoms with Crippen LogP contribution in [0.4, 0.5) is 0 Å². The van der Waals surface area contributed by atoms with E-state index < -0.39 is 0 Å². The highest BCUT2D eigenvalue weighted by Gasteiger charge is 2.57. The standard InChI is InChI=1S/C29H42O2/c1-18(17-30)5-6-20-7-8-21-15-26-24-10-9-22-16-23(31)11-13-28(22,3)25(24)12-14-29(26,4)27(21)19(20)2/h7-9,18,23-26,30-31H,5-6,10-17H2,1-4H3/t18?,23-,24+,25-,26-,28-,29-/m0/s1. The van der Waals surface area contributed by atoms with E-state index in [4.69, 9.17) is 0 Å². The SMILES string of the molecule is Cc1c(CCC(C)CO)ccc2c1[C@@]1(C)CC[C@H]3[C@@H](CC=C4C[C@@H](O)CC[C@@]43C)[C@@H]1C2. The van der Waals surface area contributed by atoms with Crippen molar-refractivity contribution in [2.45, 2.75) is 97.0 Å². The topological polar surface area (TPSA) is 40.5 Å². The quantitative estimate of drug-likeness (QED) is 0.594. The summed E-state index contributed by atoms with van der Waals surface area (Å²) in [6, 6.07) is 4.84. The lowest BCUT2D eigenvalue weighted by molar-refractivity contribution is -0.0164. The first-order valence-electron chi connectivity index (χ1n) is 12.9. The van der Waals surface area contributed by atoms with Crippen molar-refractivity contribution in [2.24, 2.45) is 29.1 Å². The Kier molecular flexibility index (Phi) is 5.42. The van der Waals surface area contributed by atoms with Gasteiger partial charge < -0.3 is 10.2 Å². The number of hydrogen-bond donors (Lipinski definition) is 2. The predicted octanol–water partition coefficient (Wildman–Crippen LogP) is 5.89. The Balaban J connectivity index is 1.46. The molecule has 1 aromatic rings. The molecule has 2 nitrogen and oxygen atoms in total. The Morgan fingerprint density at radius 3 is 2.61 bits per heavy atom. The highest BCUT2D eigenvalue weighted by atomic mass is 16.3. The average molecular weight is 423 g/mol. The number of fused-ring (bicyclic) bond motifs is 7. The molecule has 5 rings (SSSR count). The number of allylic oxidation sites excluding steroid dienone is 1. The van der Waals surface area contributed by atoms with E-state index in [2.05, 4.69) is 45.9 Å². The van der Waals surface area contributed by atoms with E-state index in [0.29, 0.717) is 16.7 Å². The van der Waals surface area contributed by atoms with Crippen molar-refractivity contribution in [1.29, 1.82) is 0 Å². The molecule has 0 saturated heterocycles. The van der Waals surface area contributed by atoms with Gasteiger partial charge in [0.15, 0.2) is 0 Å². The van der Waals surface area contributed by atoms with Crippen LogP contribution in [0.25, 0.3) is 0 Å². The lowest BCUT2D eigenvalue weighted by Gasteiger charge is -2.57. The van der Waals surface area contributed by atoms with Crippen LogP contribution in [0.5, 0.6) is 0 Å². The van der Waals surface area contributed by atoms with Crippen LogP contribution in [0, 0.1) is 36.0 Å². The number of aliphatic hydroxyl groups is 2. The molecule has 31 heavy (non-hydrogen) atoms. The second kappa shape index (κ2) is 7.73. The fourth-order valence-electron chi connectivity index (χ4n) is 8.43. The van der Waals surface area contributed by atoms with E-state index in [1.807, 2.05) is 0 Å². The molecule has 2 saturated carbocycles. The van der Waals surface area contributed by atoms with Crippen LogP contribution >= 0.6 is 0 Å². The Morgan fingerprint density at radius 2 is 1.84 bits per heavy atom. The van der Waals surface area contributed by atoms with E-state index in [1.54, 1.807) is 22.3 Å². The first-order chi connectivity index (χ1) is 14.8. The van der Waals surface area contributed by atoms with Crippen molar-refractivity contribution in [3.05, 3.63) is 46.0 Å². The molecule has 0 heterocycles. The number of aryl methyl sites for hydroxylation is 1. The summed E-state index contributed by atoms with van der Waals surface area (Å²) in [5.41, 5.74) is 8.55. The van der Waals surface area contributed by atoms with E-state index >= 15 is 0 Å². The van der Waals surface area contributed by atoms with Crippen LogP contribution < -0.4 is 0 Å². The highest BCUT2D eigenvalue weighted by Crippen LogP contribution is 2.64. The van der Waals surface area contributed by atoms with Gasteiger partial charge in [0.05, 0.1) is 6.10 Å². The molecular weight excluding hydrogens is 380 g/mol. The molecule has 0 spiro atoms. The van der Waals surface area contributed by atoms with Gasteiger partial charge in [0.25, 0.3) is 0 Å². The molecule has 4 aliphatic carbocycles. The van der Waals surface area contributed by atoms with Gasteiger partial charge in [0, 0.05) is 6.61 Å². The van der Waals surface area contributed by atoms with Crippen LogP contribution in [0.15, 0.2) is 23.8 Å². The third-order valence-corrected chi connectivity index (χ3v) is 10.4. The zero-order chi connectivity index (χ0) is 22.0. The first kappa shape index (κ1) is 21.7. The summed E-state index contributed by atoms with van der Waals surface area (Å²) >= 11 is 0. The molecule has 2 N–H and O–H groups in total. The minimum atomic E-state index is -0.116. The third kappa shape index (κ3) is 3.27. The summed E-state index contributed by atoms with van der Waals surface area (Å²) in [6.45, 7) is 9.92. The summed E-state index contributed by atoms with van der Waals surface area (Å²) in [5.74, 6) is 2.71. The van der Waals surface area contributed by atoms with E-state index in [-0.39, 0.29) is 12.7 Å².